The van der Waals surface area contributed by atoms with E-state index in [9.17, 15) is 4.79 Å². The van der Waals surface area contributed by atoms with Crippen LogP contribution in [0.1, 0.15) is 17.3 Å². The van der Waals surface area contributed by atoms with Crippen LogP contribution in [0.2, 0.25) is 0 Å². The van der Waals surface area contributed by atoms with Gasteiger partial charge in [0.25, 0.3) is 0 Å². The molecule has 2 rings (SSSR count). The topological polar surface area (TPSA) is 35.5 Å². The average molecular weight is 335 g/mol. The second-order valence-corrected chi connectivity index (χ2v) is 5.00. The summed E-state index contributed by atoms with van der Waals surface area (Å²) in [6, 6.07) is 13.2. The van der Waals surface area contributed by atoms with E-state index in [1.54, 1.807) is 20.1 Å². The molecule has 0 atom stereocenters. The molecule has 0 aliphatic heterocycles. The third kappa shape index (κ3) is 3.20. The molecule has 104 valence electrons. The Kier molecular flexibility index (Phi) is 4.79. The molecule has 0 saturated carbocycles. The summed E-state index contributed by atoms with van der Waals surface area (Å²) >= 11 is 3.46. The minimum absolute atomic E-state index is 0.304. The fourth-order valence-corrected chi connectivity index (χ4v) is 2.43. The smallest absolute Gasteiger partial charge is 0.338 e. The highest BCUT2D eigenvalue weighted by Crippen LogP contribution is 2.30. The Morgan fingerprint density at radius 2 is 1.90 bits per heavy atom. The van der Waals surface area contributed by atoms with Gasteiger partial charge in [-0.3, -0.25) is 0 Å². The van der Waals surface area contributed by atoms with E-state index in [2.05, 4.69) is 15.9 Å². The Bertz CT molecular complexity index is 623. The van der Waals surface area contributed by atoms with Crippen LogP contribution in [0, 0.1) is 0 Å². The lowest BCUT2D eigenvalue weighted by atomic mass is 10.0. The van der Waals surface area contributed by atoms with E-state index in [-0.39, 0.29) is 5.97 Å². The monoisotopic (exact) mass is 334 g/mol. The molecule has 0 bridgehead atoms. The summed E-state index contributed by atoms with van der Waals surface area (Å²) < 4.78 is 11.1. The molecule has 0 amide bonds. The van der Waals surface area contributed by atoms with Gasteiger partial charge in [0.15, 0.2) is 0 Å². The standard InChI is InChI=1S/C16H15BrO3/c1-3-20-16(18)13-6-4-5-11(9-13)12-7-8-15(19-2)14(17)10-12/h4-10H,3H2,1-2H3. The number of ether oxygens (including phenoxy) is 2. The van der Waals surface area contributed by atoms with Crippen molar-refractivity contribution in [1.82, 2.24) is 0 Å². The fraction of sp³-hybridized carbons (Fsp3) is 0.188. The molecule has 0 N–H and O–H groups in total. The zero-order chi connectivity index (χ0) is 14.5. The first-order chi connectivity index (χ1) is 9.65. The van der Waals surface area contributed by atoms with Crippen LogP contribution in [0.3, 0.4) is 0 Å². The van der Waals surface area contributed by atoms with Gasteiger partial charge in [0.2, 0.25) is 0 Å². The van der Waals surface area contributed by atoms with Gasteiger partial charge in [-0.2, -0.15) is 0 Å². The van der Waals surface area contributed by atoms with Crippen molar-refractivity contribution >= 4 is 21.9 Å². The van der Waals surface area contributed by atoms with Crippen molar-refractivity contribution in [1.29, 1.82) is 0 Å². The fourth-order valence-electron chi connectivity index (χ4n) is 1.89. The van der Waals surface area contributed by atoms with Gasteiger partial charge in [-0.05, 0) is 58.2 Å². The lowest BCUT2D eigenvalue weighted by Crippen LogP contribution is -2.04. The highest BCUT2D eigenvalue weighted by atomic mass is 79.9. The summed E-state index contributed by atoms with van der Waals surface area (Å²) in [6.45, 7) is 2.17. The summed E-state index contributed by atoms with van der Waals surface area (Å²) in [5.41, 5.74) is 2.51. The first-order valence-electron chi connectivity index (χ1n) is 6.26. The van der Waals surface area contributed by atoms with Crippen LogP contribution in [0.15, 0.2) is 46.9 Å². The maximum Gasteiger partial charge on any atom is 0.338 e. The number of halogens is 1. The second-order valence-electron chi connectivity index (χ2n) is 4.15. The van der Waals surface area contributed by atoms with Crippen LogP contribution in [-0.2, 0) is 4.74 Å². The van der Waals surface area contributed by atoms with Crippen molar-refractivity contribution in [2.75, 3.05) is 13.7 Å². The van der Waals surface area contributed by atoms with E-state index >= 15 is 0 Å². The Morgan fingerprint density at radius 3 is 2.55 bits per heavy atom. The van der Waals surface area contributed by atoms with Crippen molar-refractivity contribution in [2.45, 2.75) is 6.92 Å². The molecular weight excluding hydrogens is 320 g/mol. The molecular formula is C16H15BrO3. The lowest BCUT2D eigenvalue weighted by Gasteiger charge is -2.08. The van der Waals surface area contributed by atoms with Gasteiger partial charge >= 0.3 is 5.97 Å². The number of carbonyl (C=O) groups is 1. The van der Waals surface area contributed by atoms with Crippen LogP contribution in [0.5, 0.6) is 5.75 Å². The maximum absolute atomic E-state index is 11.7. The average Bonchev–Trinajstić information content (AvgIpc) is 2.47. The number of hydrogen-bond acceptors (Lipinski definition) is 3. The predicted octanol–water partition coefficient (Wildman–Crippen LogP) is 4.30. The number of hydrogen-bond donors (Lipinski definition) is 0. The van der Waals surface area contributed by atoms with Crippen molar-refractivity contribution in [3.8, 4) is 16.9 Å². The minimum atomic E-state index is -0.304. The number of esters is 1. The van der Waals surface area contributed by atoms with E-state index in [1.807, 2.05) is 36.4 Å². The van der Waals surface area contributed by atoms with Crippen LogP contribution in [0.4, 0.5) is 0 Å². The van der Waals surface area contributed by atoms with E-state index in [0.29, 0.717) is 12.2 Å². The maximum atomic E-state index is 11.7. The SMILES string of the molecule is CCOC(=O)c1cccc(-c2ccc(OC)c(Br)c2)c1. The Morgan fingerprint density at radius 1 is 1.15 bits per heavy atom. The summed E-state index contributed by atoms with van der Waals surface area (Å²) in [4.78, 5) is 11.7. The first kappa shape index (κ1) is 14.6. The zero-order valence-electron chi connectivity index (χ0n) is 11.4. The molecule has 0 saturated heterocycles. The van der Waals surface area contributed by atoms with E-state index in [4.69, 9.17) is 9.47 Å². The number of rotatable bonds is 4. The van der Waals surface area contributed by atoms with Crippen molar-refractivity contribution in [2.24, 2.45) is 0 Å². The van der Waals surface area contributed by atoms with Crippen LogP contribution >= 0.6 is 15.9 Å². The summed E-state index contributed by atoms with van der Waals surface area (Å²) in [6.07, 6.45) is 0. The molecule has 2 aromatic rings. The molecule has 0 heterocycles. The van der Waals surface area contributed by atoms with Crippen LogP contribution in [0.25, 0.3) is 11.1 Å². The molecule has 3 nitrogen and oxygen atoms in total. The van der Waals surface area contributed by atoms with E-state index in [0.717, 1.165) is 21.3 Å². The molecule has 0 aliphatic carbocycles. The van der Waals surface area contributed by atoms with Gasteiger partial charge in [0.1, 0.15) is 5.75 Å². The third-order valence-electron chi connectivity index (χ3n) is 2.86. The van der Waals surface area contributed by atoms with Gasteiger partial charge in [-0.1, -0.05) is 18.2 Å². The van der Waals surface area contributed by atoms with Gasteiger partial charge in [0, 0.05) is 0 Å². The predicted molar refractivity (Wildman–Crippen MR) is 82.1 cm³/mol. The largest absolute Gasteiger partial charge is 0.496 e. The molecule has 0 spiro atoms. The number of benzene rings is 2. The number of carbonyl (C=O) groups excluding carboxylic acids is 1. The highest BCUT2D eigenvalue weighted by Gasteiger charge is 2.09. The van der Waals surface area contributed by atoms with E-state index in [1.165, 1.54) is 0 Å². The first-order valence-corrected chi connectivity index (χ1v) is 7.06. The van der Waals surface area contributed by atoms with Crippen molar-refractivity contribution < 1.29 is 14.3 Å². The van der Waals surface area contributed by atoms with Crippen LogP contribution in [-0.4, -0.2) is 19.7 Å². The third-order valence-corrected chi connectivity index (χ3v) is 3.48. The Balaban J connectivity index is 2.36. The summed E-state index contributed by atoms with van der Waals surface area (Å²) in [7, 11) is 1.63. The van der Waals surface area contributed by atoms with Gasteiger partial charge in [0.05, 0.1) is 23.8 Å². The normalized spacial score (nSPS) is 10.2. The molecule has 0 aliphatic rings. The lowest BCUT2D eigenvalue weighted by molar-refractivity contribution is 0.0526. The van der Waals surface area contributed by atoms with Gasteiger partial charge < -0.3 is 9.47 Å². The van der Waals surface area contributed by atoms with E-state index < -0.39 is 0 Å². The van der Waals surface area contributed by atoms with Gasteiger partial charge in [-0.15, -0.1) is 0 Å². The molecule has 0 radical (unpaired) electrons. The number of methoxy groups -OCH3 is 1. The van der Waals surface area contributed by atoms with Crippen molar-refractivity contribution in [3.63, 3.8) is 0 Å². The molecule has 0 unspecified atom stereocenters. The molecule has 2 aromatic carbocycles. The van der Waals surface area contributed by atoms with Crippen LogP contribution < -0.4 is 4.74 Å². The summed E-state index contributed by atoms with van der Waals surface area (Å²) in [5, 5.41) is 0. The highest BCUT2D eigenvalue weighted by molar-refractivity contribution is 9.10. The van der Waals surface area contributed by atoms with Crippen molar-refractivity contribution in [3.05, 3.63) is 52.5 Å². The molecule has 20 heavy (non-hydrogen) atoms. The second kappa shape index (κ2) is 6.57. The zero-order valence-corrected chi connectivity index (χ0v) is 12.9. The Labute approximate surface area is 126 Å². The summed E-state index contributed by atoms with van der Waals surface area (Å²) in [5.74, 6) is 0.470. The molecule has 4 heteroatoms. The Hall–Kier alpha value is -1.81. The molecule has 0 aromatic heterocycles. The quantitative estimate of drug-likeness (QED) is 0.782. The minimum Gasteiger partial charge on any atom is -0.496 e. The molecule has 0 fully saturated rings. The van der Waals surface area contributed by atoms with Gasteiger partial charge in [-0.25, -0.2) is 4.79 Å².